The van der Waals surface area contributed by atoms with Crippen LogP contribution in [0.3, 0.4) is 0 Å². The van der Waals surface area contributed by atoms with Crippen LogP contribution in [-0.2, 0) is 4.79 Å². The second kappa shape index (κ2) is 7.22. The van der Waals surface area contributed by atoms with Crippen molar-refractivity contribution >= 4 is 45.1 Å². The molecule has 154 valence electrons. The number of likely N-dealkylation sites (tertiary alicyclic amines) is 1. The highest BCUT2D eigenvalue weighted by molar-refractivity contribution is 7.20. The standard InChI is InChI=1S/C23H18N4O3S/c1-2-15-8-9-17-18(14-15)31-19(24-17)20(28)26-12-10-23(11-13-26)21(29)27(22(30)25-23)16-6-4-3-5-7-16/h1,3-9,14H,10-13H2,(H,25,30). The van der Waals surface area contributed by atoms with Gasteiger partial charge in [0.1, 0.15) is 5.54 Å². The molecule has 3 heterocycles. The molecule has 0 aliphatic carbocycles. The van der Waals surface area contributed by atoms with Crippen LogP contribution < -0.4 is 10.2 Å². The first-order chi connectivity index (χ1) is 15.0. The molecular weight excluding hydrogens is 412 g/mol. The lowest BCUT2D eigenvalue weighted by Crippen LogP contribution is -2.55. The van der Waals surface area contributed by atoms with Crippen LogP contribution in [0, 0.1) is 12.3 Å². The highest BCUT2D eigenvalue weighted by Crippen LogP contribution is 2.33. The fourth-order valence-electron chi connectivity index (χ4n) is 4.10. The zero-order chi connectivity index (χ0) is 21.6. The van der Waals surface area contributed by atoms with Crippen molar-refractivity contribution in [2.75, 3.05) is 18.0 Å². The number of fused-ring (bicyclic) bond motifs is 1. The number of terminal acetylenes is 1. The molecule has 2 saturated heterocycles. The quantitative estimate of drug-likeness (QED) is 0.501. The number of hydrogen-bond donors (Lipinski definition) is 1. The number of urea groups is 1. The molecule has 4 amide bonds. The van der Waals surface area contributed by atoms with Gasteiger partial charge in [-0.25, -0.2) is 14.7 Å². The van der Waals surface area contributed by atoms with E-state index in [1.165, 1.54) is 16.2 Å². The molecule has 2 aliphatic rings. The van der Waals surface area contributed by atoms with Crippen LogP contribution in [0.15, 0.2) is 48.5 Å². The Morgan fingerprint density at radius 2 is 1.87 bits per heavy atom. The number of aromatic nitrogens is 1. The zero-order valence-corrected chi connectivity index (χ0v) is 17.3. The van der Waals surface area contributed by atoms with Gasteiger partial charge in [0.2, 0.25) is 0 Å². The number of benzene rings is 2. The van der Waals surface area contributed by atoms with Crippen LogP contribution in [-0.4, -0.2) is 46.4 Å². The van der Waals surface area contributed by atoms with Crippen LogP contribution in [0.25, 0.3) is 10.2 Å². The summed E-state index contributed by atoms with van der Waals surface area (Å²) in [6, 6.07) is 13.9. The van der Waals surface area contributed by atoms with Gasteiger partial charge in [0.05, 0.1) is 15.9 Å². The molecule has 7 nitrogen and oxygen atoms in total. The fraction of sp³-hybridized carbons (Fsp3) is 0.217. The number of piperidine rings is 1. The van der Waals surface area contributed by atoms with E-state index in [2.05, 4.69) is 16.2 Å². The highest BCUT2D eigenvalue weighted by atomic mass is 32.1. The molecule has 3 aromatic rings. The Labute approximate surface area is 182 Å². The van der Waals surface area contributed by atoms with Gasteiger partial charge in [0.25, 0.3) is 11.8 Å². The van der Waals surface area contributed by atoms with Crippen molar-refractivity contribution in [1.29, 1.82) is 0 Å². The van der Waals surface area contributed by atoms with Crippen molar-refractivity contribution in [1.82, 2.24) is 15.2 Å². The molecule has 0 saturated carbocycles. The Hall–Kier alpha value is -3.70. The third-order valence-electron chi connectivity index (χ3n) is 5.82. The van der Waals surface area contributed by atoms with Gasteiger partial charge >= 0.3 is 6.03 Å². The number of nitrogens with one attached hydrogen (secondary N) is 1. The summed E-state index contributed by atoms with van der Waals surface area (Å²) in [7, 11) is 0. The number of amides is 4. The first-order valence-corrected chi connectivity index (χ1v) is 10.7. The third kappa shape index (κ3) is 3.14. The maximum absolute atomic E-state index is 13.1. The Morgan fingerprint density at radius 1 is 1.13 bits per heavy atom. The van der Waals surface area contributed by atoms with E-state index < -0.39 is 11.6 Å². The van der Waals surface area contributed by atoms with E-state index in [0.717, 1.165) is 15.8 Å². The summed E-state index contributed by atoms with van der Waals surface area (Å²) < 4.78 is 0.865. The van der Waals surface area contributed by atoms with Gasteiger partial charge in [-0.1, -0.05) is 24.1 Å². The second-order valence-corrected chi connectivity index (χ2v) is 8.66. The minimum atomic E-state index is -0.973. The van der Waals surface area contributed by atoms with E-state index in [1.54, 1.807) is 35.2 Å². The third-order valence-corrected chi connectivity index (χ3v) is 6.82. The van der Waals surface area contributed by atoms with Crippen molar-refractivity contribution in [2.45, 2.75) is 18.4 Å². The monoisotopic (exact) mass is 430 g/mol. The second-order valence-electron chi connectivity index (χ2n) is 7.63. The molecular formula is C23H18N4O3S. The average Bonchev–Trinajstić information content (AvgIpc) is 3.32. The molecule has 1 N–H and O–H groups in total. The van der Waals surface area contributed by atoms with Gasteiger partial charge in [-0.3, -0.25) is 9.59 Å². The molecule has 8 heteroatoms. The van der Waals surface area contributed by atoms with Gasteiger partial charge in [-0.2, -0.15) is 0 Å². The predicted octanol–water partition coefficient (Wildman–Crippen LogP) is 3.01. The number of carbonyl (C=O) groups is 3. The van der Waals surface area contributed by atoms with E-state index in [0.29, 0.717) is 36.6 Å². The van der Waals surface area contributed by atoms with Crippen molar-refractivity contribution < 1.29 is 14.4 Å². The topological polar surface area (TPSA) is 82.6 Å². The molecule has 1 spiro atoms. The molecule has 2 aromatic carbocycles. The molecule has 0 atom stereocenters. The summed E-state index contributed by atoms with van der Waals surface area (Å²) >= 11 is 1.31. The predicted molar refractivity (Wildman–Crippen MR) is 118 cm³/mol. The summed E-state index contributed by atoms with van der Waals surface area (Å²) in [4.78, 5) is 46.0. The molecule has 5 rings (SSSR count). The minimum Gasteiger partial charge on any atom is -0.336 e. The lowest BCUT2D eigenvalue weighted by Gasteiger charge is -2.36. The molecule has 31 heavy (non-hydrogen) atoms. The van der Waals surface area contributed by atoms with Gasteiger partial charge in [-0.05, 0) is 43.2 Å². The highest BCUT2D eigenvalue weighted by Gasteiger charge is 2.53. The lowest BCUT2D eigenvalue weighted by atomic mass is 9.87. The summed E-state index contributed by atoms with van der Waals surface area (Å²) in [6.45, 7) is 0.720. The normalized spacial score (nSPS) is 17.8. The molecule has 1 aromatic heterocycles. The first kappa shape index (κ1) is 19.3. The molecule has 2 fully saturated rings. The average molecular weight is 430 g/mol. The van der Waals surface area contributed by atoms with Crippen LogP contribution >= 0.6 is 11.3 Å². The summed E-state index contributed by atoms with van der Waals surface area (Å²) in [5.41, 5.74) is 1.05. The van der Waals surface area contributed by atoms with Gasteiger partial charge in [0.15, 0.2) is 5.01 Å². The van der Waals surface area contributed by atoms with E-state index in [9.17, 15) is 14.4 Å². The SMILES string of the molecule is C#Cc1ccc2nc(C(=O)N3CCC4(CC3)NC(=O)N(c3ccccc3)C4=O)sc2c1. The summed E-state index contributed by atoms with van der Waals surface area (Å²) in [6.07, 6.45) is 6.17. The number of imide groups is 1. The lowest BCUT2D eigenvalue weighted by molar-refractivity contribution is -0.123. The largest absolute Gasteiger partial charge is 0.336 e. The number of anilines is 1. The maximum Gasteiger partial charge on any atom is 0.329 e. The van der Waals surface area contributed by atoms with E-state index >= 15 is 0 Å². The smallest absolute Gasteiger partial charge is 0.329 e. The van der Waals surface area contributed by atoms with Crippen LogP contribution in [0.1, 0.15) is 28.2 Å². The number of hydrogen-bond acceptors (Lipinski definition) is 5. The number of carbonyl (C=O) groups excluding carboxylic acids is 3. The van der Waals surface area contributed by atoms with Crippen LogP contribution in [0.5, 0.6) is 0 Å². The van der Waals surface area contributed by atoms with Gasteiger partial charge < -0.3 is 10.2 Å². The van der Waals surface area contributed by atoms with Crippen LogP contribution in [0.2, 0.25) is 0 Å². The van der Waals surface area contributed by atoms with Crippen molar-refractivity contribution in [3.63, 3.8) is 0 Å². The van der Waals surface area contributed by atoms with E-state index in [-0.39, 0.29) is 11.8 Å². The molecule has 0 bridgehead atoms. The fourth-order valence-corrected chi connectivity index (χ4v) is 5.08. The van der Waals surface area contributed by atoms with Gasteiger partial charge in [0, 0.05) is 18.7 Å². The Kier molecular flexibility index (Phi) is 4.49. The molecule has 0 radical (unpaired) electrons. The Morgan fingerprint density at radius 3 is 2.58 bits per heavy atom. The van der Waals surface area contributed by atoms with Crippen LogP contribution in [0.4, 0.5) is 10.5 Å². The summed E-state index contributed by atoms with van der Waals surface area (Å²) in [5, 5.41) is 3.26. The van der Waals surface area contributed by atoms with E-state index in [4.69, 9.17) is 6.42 Å². The van der Waals surface area contributed by atoms with Crippen molar-refractivity contribution in [3.8, 4) is 12.3 Å². The summed E-state index contributed by atoms with van der Waals surface area (Å²) in [5.74, 6) is 2.15. The van der Waals surface area contributed by atoms with E-state index in [1.807, 2.05) is 18.2 Å². The number of nitrogens with zero attached hydrogens (tertiary/aromatic N) is 3. The zero-order valence-electron chi connectivity index (χ0n) is 16.5. The minimum absolute atomic E-state index is 0.171. The Bertz CT molecular complexity index is 1250. The number of rotatable bonds is 2. The molecule has 0 unspecified atom stereocenters. The van der Waals surface area contributed by atoms with Crippen molar-refractivity contribution in [3.05, 3.63) is 59.1 Å². The number of thiazole rings is 1. The number of para-hydroxylation sites is 1. The molecule has 2 aliphatic heterocycles. The Balaban J connectivity index is 1.32. The maximum atomic E-state index is 13.1. The first-order valence-electron chi connectivity index (χ1n) is 9.89. The van der Waals surface area contributed by atoms with Crippen molar-refractivity contribution in [2.24, 2.45) is 0 Å². The van der Waals surface area contributed by atoms with Gasteiger partial charge in [-0.15, -0.1) is 17.8 Å².